The lowest BCUT2D eigenvalue weighted by Crippen LogP contribution is -2.12. The first-order valence-corrected chi connectivity index (χ1v) is 7.40. The summed E-state index contributed by atoms with van der Waals surface area (Å²) in [4.78, 5) is 11.8. The van der Waals surface area contributed by atoms with Crippen LogP contribution in [0.2, 0.25) is 0 Å². The Morgan fingerprint density at radius 1 is 1.25 bits per heavy atom. The van der Waals surface area contributed by atoms with Crippen LogP contribution in [0.5, 0.6) is 5.75 Å². The number of nitrogens with one attached hydrogen (secondary N) is 1. The molecule has 5 nitrogen and oxygen atoms in total. The van der Waals surface area contributed by atoms with Gasteiger partial charge in [-0.2, -0.15) is 8.75 Å². The van der Waals surface area contributed by atoms with Crippen molar-refractivity contribution in [3.63, 3.8) is 0 Å². The molecule has 1 amide bonds. The molecule has 1 heterocycles. The molecule has 1 aliphatic carbocycles. The number of aromatic nitrogens is 2. The second-order valence-electron chi connectivity index (χ2n) is 4.80. The number of carbonyl (C=O) groups excluding carboxylic acids is 1. The fraction of sp³-hybridized carbons (Fsp3) is 0.357. The van der Waals surface area contributed by atoms with E-state index >= 15 is 0 Å². The maximum absolute atomic E-state index is 11.8. The Labute approximate surface area is 121 Å². The molecule has 0 bridgehead atoms. The summed E-state index contributed by atoms with van der Waals surface area (Å²) < 4.78 is 13.6. The van der Waals surface area contributed by atoms with Gasteiger partial charge in [0, 0.05) is 5.69 Å². The van der Waals surface area contributed by atoms with Gasteiger partial charge in [0.15, 0.2) is 5.69 Å². The number of ether oxygens (including phenoxy) is 1. The van der Waals surface area contributed by atoms with Crippen LogP contribution in [0.4, 0.5) is 5.69 Å². The smallest absolute Gasteiger partial charge is 0.277 e. The molecule has 3 rings (SSSR count). The largest absolute Gasteiger partial charge is 0.490 e. The molecule has 104 valence electrons. The zero-order valence-corrected chi connectivity index (χ0v) is 11.7. The molecular weight excluding hydrogens is 274 g/mol. The highest BCUT2D eigenvalue weighted by Crippen LogP contribution is 2.25. The van der Waals surface area contributed by atoms with E-state index in [1.54, 1.807) is 0 Å². The lowest BCUT2D eigenvalue weighted by Gasteiger charge is -2.13. The average Bonchev–Trinajstić information content (AvgIpc) is 3.13. The highest BCUT2D eigenvalue weighted by Gasteiger charge is 2.16. The Morgan fingerprint density at radius 3 is 2.65 bits per heavy atom. The van der Waals surface area contributed by atoms with Gasteiger partial charge in [-0.15, -0.1) is 0 Å². The Morgan fingerprint density at radius 2 is 2.00 bits per heavy atom. The molecule has 20 heavy (non-hydrogen) atoms. The van der Waals surface area contributed by atoms with Crippen LogP contribution in [-0.4, -0.2) is 20.8 Å². The van der Waals surface area contributed by atoms with E-state index in [1.807, 2.05) is 24.3 Å². The predicted molar refractivity (Wildman–Crippen MR) is 77.2 cm³/mol. The van der Waals surface area contributed by atoms with E-state index in [0.717, 1.165) is 36.0 Å². The number of rotatable bonds is 4. The highest BCUT2D eigenvalue weighted by atomic mass is 32.1. The molecular formula is C14H15N3O2S. The third-order valence-electron chi connectivity index (χ3n) is 3.31. The summed E-state index contributed by atoms with van der Waals surface area (Å²) in [6.07, 6.45) is 6.57. The second kappa shape index (κ2) is 6.00. The number of hydrogen-bond donors (Lipinski definition) is 1. The van der Waals surface area contributed by atoms with Crippen LogP contribution in [-0.2, 0) is 0 Å². The maximum atomic E-state index is 11.8. The Kier molecular flexibility index (Phi) is 3.92. The summed E-state index contributed by atoms with van der Waals surface area (Å²) in [6, 6.07) is 7.43. The quantitative estimate of drug-likeness (QED) is 0.939. The highest BCUT2D eigenvalue weighted by molar-refractivity contribution is 6.99. The number of amides is 1. The third kappa shape index (κ3) is 3.14. The van der Waals surface area contributed by atoms with Gasteiger partial charge in [-0.1, -0.05) is 0 Å². The molecule has 1 fully saturated rings. The molecule has 0 saturated heterocycles. The molecule has 0 unspecified atom stereocenters. The molecule has 0 spiro atoms. The fourth-order valence-electron chi connectivity index (χ4n) is 2.28. The molecule has 1 aliphatic rings. The zero-order valence-electron chi connectivity index (χ0n) is 10.9. The van der Waals surface area contributed by atoms with Gasteiger partial charge in [-0.25, -0.2) is 0 Å². The van der Waals surface area contributed by atoms with Crippen LogP contribution < -0.4 is 10.1 Å². The lowest BCUT2D eigenvalue weighted by atomic mass is 10.2. The van der Waals surface area contributed by atoms with Gasteiger partial charge in [-0.05, 0) is 49.9 Å². The monoisotopic (exact) mass is 289 g/mol. The molecule has 6 heteroatoms. The first kappa shape index (κ1) is 13.1. The minimum absolute atomic E-state index is 0.247. The van der Waals surface area contributed by atoms with Crippen molar-refractivity contribution in [2.24, 2.45) is 0 Å². The number of anilines is 1. The molecule has 1 aromatic carbocycles. The van der Waals surface area contributed by atoms with Crippen molar-refractivity contribution in [2.75, 3.05) is 5.32 Å². The van der Waals surface area contributed by atoms with Crippen molar-refractivity contribution in [1.82, 2.24) is 8.75 Å². The van der Waals surface area contributed by atoms with Crippen molar-refractivity contribution in [2.45, 2.75) is 31.8 Å². The van der Waals surface area contributed by atoms with E-state index in [2.05, 4.69) is 14.1 Å². The molecule has 0 atom stereocenters. The van der Waals surface area contributed by atoms with Crippen LogP contribution >= 0.6 is 11.7 Å². The molecule has 1 saturated carbocycles. The number of hydrogen-bond acceptors (Lipinski definition) is 5. The Hall–Kier alpha value is -1.95. The van der Waals surface area contributed by atoms with E-state index in [4.69, 9.17) is 4.74 Å². The Balaban J connectivity index is 1.59. The molecule has 1 aromatic heterocycles. The summed E-state index contributed by atoms with van der Waals surface area (Å²) in [6.45, 7) is 0. The van der Waals surface area contributed by atoms with Crippen LogP contribution in [0.3, 0.4) is 0 Å². The molecule has 2 aromatic rings. The molecule has 1 N–H and O–H groups in total. The molecule has 0 radical (unpaired) electrons. The van der Waals surface area contributed by atoms with Gasteiger partial charge in [-0.3, -0.25) is 4.79 Å². The van der Waals surface area contributed by atoms with E-state index in [9.17, 15) is 4.79 Å². The minimum atomic E-state index is -0.247. The van der Waals surface area contributed by atoms with E-state index < -0.39 is 0 Å². The van der Waals surface area contributed by atoms with Gasteiger partial charge < -0.3 is 10.1 Å². The number of carbonyl (C=O) groups is 1. The topological polar surface area (TPSA) is 64.1 Å². The van der Waals surface area contributed by atoms with Crippen LogP contribution in [0.1, 0.15) is 36.2 Å². The fourth-order valence-corrected chi connectivity index (χ4v) is 2.69. The SMILES string of the molecule is O=C(Nc1ccc(OC2CCCC2)cc1)c1cnsn1. The number of benzene rings is 1. The van der Waals surface area contributed by atoms with Gasteiger partial charge in [0.25, 0.3) is 5.91 Å². The summed E-state index contributed by atoms with van der Waals surface area (Å²) in [5, 5.41) is 2.77. The zero-order chi connectivity index (χ0) is 13.8. The summed E-state index contributed by atoms with van der Waals surface area (Å²) >= 11 is 1.02. The van der Waals surface area contributed by atoms with Gasteiger partial charge >= 0.3 is 0 Å². The maximum Gasteiger partial charge on any atom is 0.277 e. The van der Waals surface area contributed by atoms with Crippen LogP contribution in [0, 0.1) is 0 Å². The third-order valence-corrected chi connectivity index (χ3v) is 3.79. The van der Waals surface area contributed by atoms with Crippen LogP contribution in [0.25, 0.3) is 0 Å². The van der Waals surface area contributed by atoms with Crippen molar-refractivity contribution < 1.29 is 9.53 Å². The lowest BCUT2D eigenvalue weighted by molar-refractivity contribution is 0.102. The second-order valence-corrected chi connectivity index (χ2v) is 5.35. The van der Waals surface area contributed by atoms with E-state index in [0.29, 0.717) is 11.8 Å². The summed E-state index contributed by atoms with van der Waals surface area (Å²) in [5.41, 5.74) is 1.06. The van der Waals surface area contributed by atoms with Crippen molar-refractivity contribution in [1.29, 1.82) is 0 Å². The van der Waals surface area contributed by atoms with E-state index in [-0.39, 0.29) is 5.91 Å². The first-order valence-electron chi connectivity index (χ1n) is 6.67. The van der Waals surface area contributed by atoms with E-state index in [1.165, 1.54) is 19.0 Å². The average molecular weight is 289 g/mol. The standard InChI is InChI=1S/C14H15N3O2S/c18-14(13-9-15-20-17-13)16-10-5-7-12(8-6-10)19-11-3-1-2-4-11/h5-9,11H,1-4H2,(H,16,18). The minimum Gasteiger partial charge on any atom is -0.490 e. The van der Waals surface area contributed by atoms with Crippen LogP contribution in [0.15, 0.2) is 30.5 Å². The van der Waals surface area contributed by atoms with Gasteiger partial charge in [0.1, 0.15) is 5.75 Å². The first-order chi connectivity index (χ1) is 9.81. The normalized spacial score (nSPS) is 15.2. The predicted octanol–water partition coefficient (Wildman–Crippen LogP) is 3.11. The van der Waals surface area contributed by atoms with Crippen molar-refractivity contribution >= 4 is 23.3 Å². The summed E-state index contributed by atoms with van der Waals surface area (Å²) in [5.74, 6) is 0.605. The number of nitrogens with zero attached hydrogens (tertiary/aromatic N) is 2. The van der Waals surface area contributed by atoms with Gasteiger partial charge in [0.05, 0.1) is 24.0 Å². The van der Waals surface area contributed by atoms with Crippen molar-refractivity contribution in [3.8, 4) is 5.75 Å². The summed E-state index contributed by atoms with van der Waals surface area (Å²) in [7, 11) is 0. The van der Waals surface area contributed by atoms with Gasteiger partial charge in [0.2, 0.25) is 0 Å². The molecule has 0 aliphatic heterocycles. The van der Waals surface area contributed by atoms with Crippen molar-refractivity contribution in [3.05, 3.63) is 36.2 Å². The Bertz CT molecular complexity index is 563.